The highest BCUT2D eigenvalue weighted by Gasteiger charge is 2.24. The van der Waals surface area contributed by atoms with Crippen molar-refractivity contribution in [3.05, 3.63) is 24.0 Å². The van der Waals surface area contributed by atoms with E-state index in [1.807, 2.05) is 13.8 Å². The predicted molar refractivity (Wildman–Crippen MR) is 94.0 cm³/mol. The van der Waals surface area contributed by atoms with Gasteiger partial charge in [0.15, 0.2) is 9.84 Å². The van der Waals surface area contributed by atoms with Gasteiger partial charge in [0, 0.05) is 25.9 Å². The molecule has 0 spiro atoms. The minimum absolute atomic E-state index is 0. The number of hydrogen-bond acceptors (Lipinski definition) is 5. The Morgan fingerprint density at radius 2 is 1.75 bits per heavy atom. The quantitative estimate of drug-likeness (QED) is 0.747. The summed E-state index contributed by atoms with van der Waals surface area (Å²) in [4.78, 5) is -0.816. The summed E-state index contributed by atoms with van der Waals surface area (Å²) in [6.45, 7) is 4.08. The van der Waals surface area contributed by atoms with Gasteiger partial charge in [-0.05, 0) is 30.5 Å². The van der Waals surface area contributed by atoms with Crippen molar-refractivity contribution < 1.29 is 21.2 Å². The van der Waals surface area contributed by atoms with Gasteiger partial charge >= 0.3 is 0 Å². The fourth-order valence-corrected chi connectivity index (χ4v) is 3.83. The fourth-order valence-electron chi connectivity index (χ4n) is 1.91. The number of sulfone groups is 1. The Kier molecular flexibility index (Phi) is 8.31. The van der Waals surface area contributed by atoms with E-state index in [2.05, 4.69) is 0 Å². The van der Waals surface area contributed by atoms with Gasteiger partial charge < -0.3 is 5.73 Å². The van der Waals surface area contributed by atoms with Crippen LogP contribution in [0.1, 0.15) is 20.3 Å². The van der Waals surface area contributed by atoms with E-state index in [-0.39, 0.29) is 35.8 Å². The van der Waals surface area contributed by atoms with E-state index in [1.54, 1.807) is 0 Å². The molecule has 0 amide bonds. The summed E-state index contributed by atoms with van der Waals surface area (Å²) in [6, 6.07) is 2.64. The van der Waals surface area contributed by atoms with Crippen LogP contribution in [0.2, 0.25) is 0 Å². The van der Waals surface area contributed by atoms with E-state index >= 15 is 0 Å². The van der Waals surface area contributed by atoms with E-state index in [9.17, 15) is 21.2 Å². The topological polar surface area (TPSA) is 97.5 Å². The summed E-state index contributed by atoms with van der Waals surface area (Å²) < 4.78 is 62.5. The molecule has 0 saturated carbocycles. The van der Waals surface area contributed by atoms with Crippen molar-refractivity contribution >= 4 is 32.3 Å². The van der Waals surface area contributed by atoms with Crippen LogP contribution in [-0.2, 0) is 19.9 Å². The Bertz CT molecular complexity index is 767. The molecular weight excluding hydrogens is 379 g/mol. The molecule has 0 aliphatic heterocycles. The molecule has 0 aliphatic carbocycles. The maximum atomic E-state index is 13.9. The average Bonchev–Trinajstić information content (AvgIpc) is 2.42. The van der Waals surface area contributed by atoms with Crippen molar-refractivity contribution in [1.29, 1.82) is 0 Å². The first-order valence-corrected chi connectivity index (χ1v) is 10.4. The molecule has 0 aromatic heterocycles. The second-order valence-corrected chi connectivity index (χ2v) is 9.92. The first-order valence-electron chi connectivity index (χ1n) is 7.09. The van der Waals surface area contributed by atoms with E-state index in [0.29, 0.717) is 6.42 Å². The van der Waals surface area contributed by atoms with E-state index < -0.39 is 30.6 Å². The Balaban J connectivity index is 0.00000529. The molecule has 0 aliphatic rings. The molecule has 0 heterocycles. The van der Waals surface area contributed by atoms with Gasteiger partial charge in [0.05, 0.1) is 4.90 Å². The number of halogens is 2. The van der Waals surface area contributed by atoms with Crippen molar-refractivity contribution in [2.75, 3.05) is 19.8 Å². The van der Waals surface area contributed by atoms with Crippen LogP contribution in [0, 0.1) is 11.7 Å². The largest absolute Gasteiger partial charge is 0.327 e. The SMILES string of the molecule is CC(C)C(N)CCN(C)S(=O)(=O)c1ccc(S(C)(=O)=O)c(F)c1.Cl. The van der Waals surface area contributed by atoms with Gasteiger partial charge in [0.2, 0.25) is 10.0 Å². The van der Waals surface area contributed by atoms with Crippen LogP contribution in [0.5, 0.6) is 0 Å². The highest BCUT2D eigenvalue weighted by Crippen LogP contribution is 2.21. The van der Waals surface area contributed by atoms with Crippen molar-refractivity contribution in [2.45, 2.75) is 36.1 Å². The minimum atomic E-state index is -3.90. The predicted octanol–water partition coefficient (Wildman–Crippen LogP) is 1.64. The summed E-state index contributed by atoms with van der Waals surface area (Å²) in [5.41, 5.74) is 5.89. The standard InChI is InChI=1S/C14H23FN2O4S2.ClH/c1-10(2)13(16)7-8-17(3)23(20,21)11-5-6-14(12(15)9-11)22(4,18)19;/h5-6,9-10,13H,7-8,16H2,1-4H3;1H. The third-order valence-electron chi connectivity index (χ3n) is 3.64. The Morgan fingerprint density at radius 3 is 2.17 bits per heavy atom. The Morgan fingerprint density at radius 1 is 1.21 bits per heavy atom. The Labute approximate surface area is 149 Å². The van der Waals surface area contributed by atoms with Crippen LogP contribution >= 0.6 is 12.4 Å². The van der Waals surface area contributed by atoms with Crippen molar-refractivity contribution in [3.8, 4) is 0 Å². The first-order chi connectivity index (χ1) is 10.4. The van der Waals surface area contributed by atoms with Crippen LogP contribution in [-0.4, -0.2) is 47.0 Å². The van der Waals surface area contributed by atoms with Crippen LogP contribution in [0.25, 0.3) is 0 Å². The van der Waals surface area contributed by atoms with Crippen molar-refractivity contribution in [3.63, 3.8) is 0 Å². The van der Waals surface area contributed by atoms with Gasteiger partial charge in [0.1, 0.15) is 10.7 Å². The maximum absolute atomic E-state index is 13.9. The number of nitrogens with two attached hydrogens (primary N) is 1. The molecule has 140 valence electrons. The number of hydrogen-bond donors (Lipinski definition) is 1. The molecular formula is C14H24ClFN2O4S2. The lowest BCUT2D eigenvalue weighted by Gasteiger charge is -2.21. The molecule has 6 nitrogen and oxygen atoms in total. The highest BCUT2D eigenvalue weighted by molar-refractivity contribution is 7.90. The molecule has 24 heavy (non-hydrogen) atoms. The van der Waals surface area contributed by atoms with Gasteiger partial charge in [-0.3, -0.25) is 0 Å². The molecule has 1 atom stereocenters. The Hall–Kier alpha value is -0.740. The van der Waals surface area contributed by atoms with Gasteiger partial charge in [0.25, 0.3) is 0 Å². The molecule has 1 unspecified atom stereocenters. The summed E-state index contributed by atoms with van der Waals surface area (Å²) >= 11 is 0. The zero-order valence-corrected chi connectivity index (χ0v) is 16.5. The zero-order valence-electron chi connectivity index (χ0n) is 14.1. The highest BCUT2D eigenvalue weighted by atomic mass is 35.5. The van der Waals surface area contributed by atoms with E-state index in [1.165, 1.54) is 7.05 Å². The summed E-state index contributed by atoms with van der Waals surface area (Å²) in [5, 5.41) is 0. The maximum Gasteiger partial charge on any atom is 0.242 e. The van der Waals surface area contributed by atoms with Crippen LogP contribution in [0.4, 0.5) is 4.39 Å². The lowest BCUT2D eigenvalue weighted by molar-refractivity contribution is 0.397. The normalized spacial score (nSPS) is 13.8. The van der Waals surface area contributed by atoms with Crippen molar-refractivity contribution in [2.24, 2.45) is 11.7 Å². The lowest BCUT2D eigenvalue weighted by Crippen LogP contribution is -2.34. The molecule has 0 fully saturated rings. The molecule has 2 N–H and O–H groups in total. The van der Waals surface area contributed by atoms with Gasteiger partial charge in [-0.1, -0.05) is 13.8 Å². The van der Waals surface area contributed by atoms with Crippen LogP contribution in [0.3, 0.4) is 0 Å². The molecule has 0 radical (unpaired) electrons. The average molecular weight is 403 g/mol. The van der Waals surface area contributed by atoms with Crippen LogP contribution < -0.4 is 5.73 Å². The molecule has 1 aromatic carbocycles. The van der Waals surface area contributed by atoms with Gasteiger partial charge in [-0.25, -0.2) is 25.5 Å². The summed E-state index contributed by atoms with van der Waals surface area (Å²) in [7, 11) is -6.27. The fraction of sp³-hybridized carbons (Fsp3) is 0.571. The third-order valence-corrected chi connectivity index (χ3v) is 6.63. The smallest absolute Gasteiger partial charge is 0.242 e. The molecule has 1 rings (SSSR count). The van der Waals surface area contributed by atoms with Crippen molar-refractivity contribution in [1.82, 2.24) is 4.31 Å². The monoisotopic (exact) mass is 402 g/mol. The number of nitrogens with zero attached hydrogens (tertiary/aromatic N) is 1. The molecule has 1 aromatic rings. The summed E-state index contributed by atoms with van der Waals surface area (Å²) in [6.07, 6.45) is 1.33. The second-order valence-electron chi connectivity index (χ2n) is 5.89. The minimum Gasteiger partial charge on any atom is -0.327 e. The molecule has 0 bridgehead atoms. The van der Waals surface area contributed by atoms with E-state index in [0.717, 1.165) is 28.8 Å². The number of benzene rings is 1. The van der Waals surface area contributed by atoms with Crippen LogP contribution in [0.15, 0.2) is 28.0 Å². The first kappa shape index (κ1) is 23.3. The van der Waals surface area contributed by atoms with Gasteiger partial charge in [-0.15, -0.1) is 12.4 Å². The number of rotatable bonds is 7. The van der Waals surface area contributed by atoms with E-state index in [4.69, 9.17) is 5.73 Å². The molecule has 10 heteroatoms. The lowest BCUT2D eigenvalue weighted by atomic mass is 10.0. The molecule has 0 saturated heterocycles. The van der Waals surface area contributed by atoms with Gasteiger partial charge in [-0.2, -0.15) is 0 Å². The zero-order chi connectivity index (χ0) is 18.0. The second kappa shape index (κ2) is 8.57. The third kappa shape index (κ3) is 5.66. The summed E-state index contributed by atoms with van der Waals surface area (Å²) in [5.74, 6) is -0.863. The number of sulfonamides is 1.